The van der Waals surface area contributed by atoms with Gasteiger partial charge in [0, 0.05) is 55.7 Å². The van der Waals surface area contributed by atoms with Crippen molar-refractivity contribution in [1.29, 1.82) is 0 Å². The minimum Gasteiger partial charge on any atom is -0.378 e. The van der Waals surface area contributed by atoms with E-state index in [1.807, 2.05) is 36.0 Å². The second kappa shape index (κ2) is 11.0. The first-order valence-corrected chi connectivity index (χ1v) is 12.9. The number of thiazole rings is 1. The summed E-state index contributed by atoms with van der Waals surface area (Å²) >= 11 is 1.46. The van der Waals surface area contributed by atoms with Crippen LogP contribution in [0.2, 0.25) is 0 Å². The fraction of sp³-hybridized carbons (Fsp3) is 0.520. The zero-order valence-electron chi connectivity index (χ0n) is 19.9. The zero-order chi connectivity index (χ0) is 24.1. The maximum atomic E-state index is 12.8. The van der Waals surface area contributed by atoms with Gasteiger partial charge >= 0.3 is 0 Å². The molecule has 8 nitrogen and oxygen atoms in total. The molecule has 0 spiro atoms. The highest BCUT2D eigenvalue weighted by atomic mass is 32.1. The third kappa shape index (κ3) is 5.75. The van der Waals surface area contributed by atoms with Gasteiger partial charge in [-0.1, -0.05) is 19.3 Å². The van der Waals surface area contributed by atoms with Crippen molar-refractivity contribution < 1.29 is 14.4 Å². The highest BCUT2D eigenvalue weighted by Gasteiger charge is 2.30. The van der Waals surface area contributed by atoms with Crippen LogP contribution < -0.4 is 15.8 Å². The molecule has 2 N–H and O–H groups in total. The molecule has 2 aliphatic rings. The summed E-state index contributed by atoms with van der Waals surface area (Å²) in [7, 11) is 3.86. The SMILES string of the molecule is CN(C)c1ccc(C(=O)NNC(=O)c2csc(C3CCN(C(=O)C4CCCCC4)CC3)n2)cc1. The lowest BCUT2D eigenvalue weighted by Gasteiger charge is -2.34. The largest absolute Gasteiger partial charge is 0.378 e. The minimum atomic E-state index is -0.439. The molecule has 1 aromatic carbocycles. The van der Waals surface area contributed by atoms with Gasteiger partial charge in [0.05, 0.1) is 5.01 Å². The van der Waals surface area contributed by atoms with Crippen molar-refractivity contribution in [3.63, 3.8) is 0 Å². The van der Waals surface area contributed by atoms with Gasteiger partial charge in [-0.15, -0.1) is 11.3 Å². The number of rotatable bonds is 5. The number of piperidine rings is 1. The van der Waals surface area contributed by atoms with E-state index >= 15 is 0 Å². The lowest BCUT2D eigenvalue weighted by atomic mass is 9.87. The van der Waals surface area contributed by atoms with E-state index in [9.17, 15) is 14.4 Å². The average molecular weight is 484 g/mol. The first-order valence-electron chi connectivity index (χ1n) is 12.0. The van der Waals surface area contributed by atoms with E-state index in [0.717, 1.165) is 49.5 Å². The van der Waals surface area contributed by atoms with E-state index in [2.05, 4.69) is 15.8 Å². The number of carbonyl (C=O) groups is 3. The first kappa shape index (κ1) is 24.2. The van der Waals surface area contributed by atoms with Gasteiger partial charge in [-0.25, -0.2) is 4.98 Å². The molecular formula is C25H33N5O3S. The molecule has 1 saturated carbocycles. The van der Waals surface area contributed by atoms with Crippen molar-refractivity contribution in [3.8, 4) is 0 Å². The van der Waals surface area contributed by atoms with Gasteiger partial charge in [0.1, 0.15) is 5.69 Å². The molecule has 2 aromatic rings. The molecule has 1 aliphatic heterocycles. The monoisotopic (exact) mass is 483 g/mol. The van der Waals surface area contributed by atoms with Gasteiger partial charge in [0.25, 0.3) is 11.8 Å². The van der Waals surface area contributed by atoms with Gasteiger partial charge in [-0.3, -0.25) is 25.2 Å². The van der Waals surface area contributed by atoms with Crippen molar-refractivity contribution in [2.75, 3.05) is 32.1 Å². The molecule has 1 aliphatic carbocycles. The first-order chi connectivity index (χ1) is 16.4. The summed E-state index contributed by atoms with van der Waals surface area (Å²) in [5.74, 6) is -0.0346. The molecule has 0 atom stereocenters. The molecule has 4 rings (SSSR count). The van der Waals surface area contributed by atoms with Crippen LogP contribution in [0.4, 0.5) is 5.69 Å². The van der Waals surface area contributed by atoms with Crippen LogP contribution >= 0.6 is 11.3 Å². The number of nitrogens with zero attached hydrogens (tertiary/aromatic N) is 3. The normalized spacial score (nSPS) is 17.3. The Kier molecular flexibility index (Phi) is 7.82. The highest BCUT2D eigenvalue weighted by molar-refractivity contribution is 7.09. The summed E-state index contributed by atoms with van der Waals surface area (Å²) in [4.78, 5) is 46.1. The van der Waals surface area contributed by atoms with E-state index < -0.39 is 5.91 Å². The third-order valence-electron chi connectivity index (χ3n) is 6.80. The fourth-order valence-electron chi connectivity index (χ4n) is 4.69. The smallest absolute Gasteiger partial charge is 0.289 e. The minimum absolute atomic E-state index is 0.210. The van der Waals surface area contributed by atoms with E-state index in [4.69, 9.17) is 0 Å². The summed E-state index contributed by atoms with van der Waals surface area (Å²) in [6.45, 7) is 1.51. The molecule has 0 radical (unpaired) electrons. The van der Waals surface area contributed by atoms with E-state index in [-0.39, 0.29) is 17.7 Å². The number of benzene rings is 1. The van der Waals surface area contributed by atoms with Crippen molar-refractivity contribution in [1.82, 2.24) is 20.7 Å². The van der Waals surface area contributed by atoms with Crippen molar-refractivity contribution >= 4 is 34.7 Å². The molecular weight excluding hydrogens is 450 g/mol. The van der Waals surface area contributed by atoms with Gasteiger partial charge in [-0.2, -0.15) is 0 Å². The topological polar surface area (TPSA) is 94.6 Å². The number of hydrazine groups is 1. The van der Waals surface area contributed by atoms with Crippen LogP contribution in [0.5, 0.6) is 0 Å². The Hall–Kier alpha value is -2.94. The Morgan fingerprint density at radius 1 is 0.941 bits per heavy atom. The standard InChI is InChI=1S/C25H33N5O3S/c1-29(2)20-10-8-17(9-11-20)22(31)27-28-23(32)21-16-34-24(26-21)18-12-14-30(15-13-18)25(33)19-6-4-3-5-7-19/h8-11,16,18-19H,3-7,12-15H2,1-2H3,(H,27,31)(H,28,32). The number of hydrogen-bond acceptors (Lipinski definition) is 6. The molecule has 0 unspecified atom stereocenters. The number of aromatic nitrogens is 1. The van der Waals surface area contributed by atoms with Crippen LogP contribution in [0.25, 0.3) is 0 Å². The molecule has 2 heterocycles. The average Bonchev–Trinajstić information content (AvgIpc) is 3.38. The number of carbonyl (C=O) groups excluding carboxylic acids is 3. The maximum absolute atomic E-state index is 12.8. The third-order valence-corrected chi connectivity index (χ3v) is 7.81. The van der Waals surface area contributed by atoms with E-state index in [1.54, 1.807) is 17.5 Å². The van der Waals surface area contributed by atoms with Crippen LogP contribution in [0.15, 0.2) is 29.6 Å². The van der Waals surface area contributed by atoms with Crippen molar-refractivity contribution in [2.45, 2.75) is 50.9 Å². The molecule has 34 heavy (non-hydrogen) atoms. The molecule has 0 bridgehead atoms. The maximum Gasteiger partial charge on any atom is 0.289 e. The number of anilines is 1. The summed E-state index contributed by atoms with van der Waals surface area (Å²) in [5, 5.41) is 2.64. The molecule has 9 heteroatoms. The predicted molar refractivity (Wildman–Crippen MR) is 133 cm³/mol. The Bertz CT molecular complexity index is 1010. The Morgan fingerprint density at radius 3 is 2.24 bits per heavy atom. The molecule has 1 saturated heterocycles. The number of likely N-dealkylation sites (tertiary alicyclic amines) is 1. The van der Waals surface area contributed by atoms with E-state index in [0.29, 0.717) is 17.2 Å². The van der Waals surface area contributed by atoms with Gasteiger partial charge in [0.2, 0.25) is 5.91 Å². The quantitative estimate of drug-likeness (QED) is 0.634. The summed E-state index contributed by atoms with van der Waals surface area (Å²) in [6, 6.07) is 7.11. The van der Waals surface area contributed by atoms with Crippen LogP contribution in [-0.4, -0.2) is 54.8 Å². The number of amides is 3. The Balaban J connectivity index is 1.25. The van der Waals surface area contributed by atoms with Crippen molar-refractivity contribution in [2.24, 2.45) is 5.92 Å². The van der Waals surface area contributed by atoms with E-state index in [1.165, 1.54) is 30.6 Å². The predicted octanol–water partition coefficient (Wildman–Crippen LogP) is 3.57. The summed E-state index contributed by atoms with van der Waals surface area (Å²) < 4.78 is 0. The van der Waals surface area contributed by atoms with Crippen LogP contribution in [-0.2, 0) is 4.79 Å². The molecule has 1 aromatic heterocycles. The second-order valence-electron chi connectivity index (χ2n) is 9.36. The number of hydrogen-bond donors (Lipinski definition) is 2. The van der Waals surface area contributed by atoms with Gasteiger partial charge < -0.3 is 9.80 Å². The van der Waals surface area contributed by atoms with Crippen LogP contribution in [0.3, 0.4) is 0 Å². The Morgan fingerprint density at radius 2 is 1.59 bits per heavy atom. The number of nitrogens with one attached hydrogen (secondary N) is 2. The van der Waals surface area contributed by atoms with Gasteiger partial charge in [0.15, 0.2) is 0 Å². The fourth-order valence-corrected chi connectivity index (χ4v) is 5.67. The molecule has 182 valence electrons. The molecule has 2 fully saturated rings. The van der Waals surface area contributed by atoms with Crippen LogP contribution in [0.1, 0.15) is 76.7 Å². The van der Waals surface area contributed by atoms with Gasteiger partial charge in [-0.05, 0) is 49.9 Å². The lowest BCUT2D eigenvalue weighted by Crippen LogP contribution is -2.42. The summed E-state index contributed by atoms with van der Waals surface area (Å²) in [6.07, 6.45) is 7.38. The lowest BCUT2D eigenvalue weighted by molar-refractivity contribution is -0.137. The second-order valence-corrected chi connectivity index (χ2v) is 10.2. The van der Waals surface area contributed by atoms with Crippen LogP contribution in [0, 0.1) is 5.92 Å². The highest BCUT2D eigenvalue weighted by Crippen LogP contribution is 2.32. The molecule has 3 amide bonds. The zero-order valence-corrected chi connectivity index (χ0v) is 20.7. The summed E-state index contributed by atoms with van der Waals surface area (Å²) in [5.41, 5.74) is 6.64. The van der Waals surface area contributed by atoms with Crippen molar-refractivity contribution in [3.05, 3.63) is 45.9 Å². The Labute approximate surface area is 204 Å².